The number of hydrogen-bond donors (Lipinski definition) is 1. The molecule has 0 atom stereocenters. The van der Waals surface area contributed by atoms with Crippen LogP contribution in [0, 0.1) is 0 Å². The molecule has 0 unspecified atom stereocenters. The molecule has 0 spiro atoms. The van der Waals surface area contributed by atoms with Gasteiger partial charge in [-0.15, -0.1) is 13.2 Å². The second-order valence-electron chi connectivity index (χ2n) is 4.60. The van der Waals surface area contributed by atoms with Gasteiger partial charge in [-0.05, 0) is 38.1 Å². The lowest BCUT2D eigenvalue weighted by molar-refractivity contribution is -0.274. The van der Waals surface area contributed by atoms with Crippen molar-refractivity contribution in [2.75, 3.05) is 18.5 Å². The van der Waals surface area contributed by atoms with Crippen LogP contribution in [0.1, 0.15) is 20.3 Å². The Labute approximate surface area is 142 Å². The van der Waals surface area contributed by atoms with Crippen molar-refractivity contribution >= 4 is 17.6 Å². The van der Waals surface area contributed by atoms with E-state index >= 15 is 0 Å². The van der Waals surface area contributed by atoms with Gasteiger partial charge in [0.1, 0.15) is 5.75 Å². The van der Waals surface area contributed by atoms with Gasteiger partial charge >= 0.3 is 18.3 Å². The van der Waals surface area contributed by atoms with E-state index in [1.807, 2.05) is 0 Å². The fraction of sp³-hybridized carbons (Fsp3) is 0.375. The summed E-state index contributed by atoms with van der Waals surface area (Å²) in [7, 11) is 0. The van der Waals surface area contributed by atoms with E-state index in [0.29, 0.717) is 5.69 Å². The van der Waals surface area contributed by atoms with Crippen molar-refractivity contribution < 1.29 is 37.0 Å². The van der Waals surface area contributed by atoms with Crippen LogP contribution in [0.25, 0.3) is 0 Å². The van der Waals surface area contributed by atoms with Gasteiger partial charge < -0.3 is 19.5 Å². The number of nitrogens with one attached hydrogen (secondary N) is 1. The van der Waals surface area contributed by atoms with E-state index in [2.05, 4.69) is 10.1 Å². The summed E-state index contributed by atoms with van der Waals surface area (Å²) in [4.78, 5) is 23.2. The molecule has 0 aliphatic heterocycles. The quantitative estimate of drug-likeness (QED) is 0.565. The molecule has 1 N–H and O–H groups in total. The normalized spacial score (nSPS) is 11.6. The van der Waals surface area contributed by atoms with E-state index in [1.165, 1.54) is 12.1 Å². The maximum Gasteiger partial charge on any atom is 0.573 e. The van der Waals surface area contributed by atoms with E-state index in [-0.39, 0.29) is 31.1 Å². The van der Waals surface area contributed by atoms with Gasteiger partial charge in [0.2, 0.25) is 0 Å². The summed E-state index contributed by atoms with van der Waals surface area (Å²) in [6.45, 7) is 3.60. The second kappa shape index (κ2) is 9.55. The van der Waals surface area contributed by atoms with Gasteiger partial charge in [-0.3, -0.25) is 4.79 Å². The molecule has 1 aromatic rings. The van der Waals surface area contributed by atoms with E-state index < -0.39 is 18.3 Å². The first-order valence-corrected chi connectivity index (χ1v) is 7.39. The zero-order valence-electron chi connectivity index (χ0n) is 13.7. The molecule has 0 bridgehead atoms. The Morgan fingerprint density at radius 3 is 2.20 bits per heavy atom. The van der Waals surface area contributed by atoms with Gasteiger partial charge in [-0.2, -0.15) is 0 Å². The number of carbonyl (C=O) groups is 2. The second-order valence-corrected chi connectivity index (χ2v) is 4.60. The first-order valence-electron chi connectivity index (χ1n) is 7.39. The zero-order valence-corrected chi connectivity index (χ0v) is 13.7. The molecule has 9 heteroatoms. The summed E-state index contributed by atoms with van der Waals surface area (Å²) >= 11 is 0. The summed E-state index contributed by atoms with van der Waals surface area (Å²) in [5.74, 6) is -1.62. The number of anilines is 1. The molecule has 0 heterocycles. The van der Waals surface area contributed by atoms with Crippen molar-refractivity contribution in [2.24, 2.45) is 0 Å². The van der Waals surface area contributed by atoms with Crippen LogP contribution in [0.15, 0.2) is 36.0 Å². The fourth-order valence-corrected chi connectivity index (χ4v) is 1.75. The van der Waals surface area contributed by atoms with Gasteiger partial charge in [-0.25, -0.2) is 4.79 Å². The third-order valence-corrected chi connectivity index (χ3v) is 2.61. The van der Waals surface area contributed by atoms with Crippen LogP contribution < -0.4 is 10.1 Å². The maximum atomic E-state index is 12.1. The van der Waals surface area contributed by atoms with Crippen molar-refractivity contribution in [3.05, 3.63) is 36.0 Å². The Kier molecular flexibility index (Phi) is 7.77. The molecule has 0 aliphatic carbocycles. The van der Waals surface area contributed by atoms with Crippen molar-refractivity contribution in [3.63, 3.8) is 0 Å². The van der Waals surface area contributed by atoms with E-state index in [4.69, 9.17) is 9.47 Å². The number of halogens is 3. The highest BCUT2D eigenvalue weighted by Crippen LogP contribution is 2.24. The average molecular weight is 361 g/mol. The topological polar surface area (TPSA) is 73.9 Å². The highest BCUT2D eigenvalue weighted by atomic mass is 19.4. The molecule has 0 radical (unpaired) electrons. The minimum Gasteiger partial charge on any atom is -0.466 e. The highest BCUT2D eigenvalue weighted by Gasteiger charge is 2.30. The van der Waals surface area contributed by atoms with Crippen molar-refractivity contribution in [1.29, 1.82) is 0 Å². The molecule has 0 amide bonds. The van der Waals surface area contributed by atoms with Crippen LogP contribution >= 0.6 is 0 Å². The molecular weight excluding hydrogens is 343 g/mol. The molecule has 0 saturated carbocycles. The molecule has 1 aromatic carbocycles. The van der Waals surface area contributed by atoms with Crippen molar-refractivity contribution in [2.45, 2.75) is 26.6 Å². The lowest BCUT2D eigenvalue weighted by atomic mass is 10.2. The summed E-state index contributed by atoms with van der Waals surface area (Å²) in [6.07, 6.45) is -3.93. The molecule has 6 nitrogen and oxygen atoms in total. The number of ether oxygens (including phenoxy) is 3. The van der Waals surface area contributed by atoms with Gasteiger partial charge in [-0.1, -0.05) is 0 Å². The number of rotatable bonds is 8. The Morgan fingerprint density at radius 2 is 1.68 bits per heavy atom. The number of carbonyl (C=O) groups excluding carboxylic acids is 2. The molecule has 0 fully saturated rings. The largest absolute Gasteiger partial charge is 0.573 e. The van der Waals surface area contributed by atoms with Crippen LogP contribution in [-0.2, 0) is 19.1 Å². The van der Waals surface area contributed by atoms with Gasteiger partial charge in [0.15, 0.2) is 0 Å². The van der Waals surface area contributed by atoms with Crippen molar-refractivity contribution in [1.82, 2.24) is 0 Å². The Bertz CT molecular complexity index is 611. The minimum absolute atomic E-state index is 0.158. The first kappa shape index (κ1) is 20.3. The van der Waals surface area contributed by atoms with Crippen LogP contribution in [0.2, 0.25) is 0 Å². The predicted octanol–water partition coefficient (Wildman–Crippen LogP) is 3.40. The molecular formula is C16H18F3NO5. The third kappa shape index (κ3) is 8.63. The predicted molar refractivity (Wildman–Crippen MR) is 82.7 cm³/mol. The Hall–Kier alpha value is -2.71. The van der Waals surface area contributed by atoms with Crippen LogP contribution in [0.5, 0.6) is 5.75 Å². The lowest BCUT2D eigenvalue weighted by Gasteiger charge is -2.12. The van der Waals surface area contributed by atoms with Gasteiger partial charge in [0.05, 0.1) is 19.6 Å². The summed E-state index contributed by atoms with van der Waals surface area (Å²) in [6, 6.07) is 4.82. The SMILES string of the molecule is CCOC(=O)C=C(CC(=O)OCC)Nc1ccc(OC(F)(F)F)cc1. The fourth-order valence-electron chi connectivity index (χ4n) is 1.75. The monoisotopic (exact) mass is 361 g/mol. The summed E-state index contributed by atoms with van der Waals surface area (Å²) in [5, 5.41) is 2.77. The summed E-state index contributed by atoms with van der Waals surface area (Å²) in [5.41, 5.74) is 0.538. The Morgan fingerprint density at radius 1 is 1.08 bits per heavy atom. The lowest BCUT2D eigenvalue weighted by Crippen LogP contribution is -2.17. The molecule has 0 aromatic heterocycles. The summed E-state index contributed by atoms with van der Waals surface area (Å²) < 4.78 is 49.7. The molecule has 0 aliphatic rings. The minimum atomic E-state index is -4.78. The number of esters is 2. The van der Waals surface area contributed by atoms with Crippen LogP contribution in [-0.4, -0.2) is 31.5 Å². The Balaban J connectivity index is 2.85. The standard InChI is InChI=1S/C16H18F3NO5/c1-3-23-14(21)9-12(10-15(22)24-4-2)20-11-5-7-13(8-6-11)25-16(17,18)19/h5-9,20H,3-4,10H2,1-2H3. The number of hydrogen-bond acceptors (Lipinski definition) is 6. The van der Waals surface area contributed by atoms with Crippen LogP contribution in [0.4, 0.5) is 18.9 Å². The smallest absolute Gasteiger partial charge is 0.466 e. The maximum absolute atomic E-state index is 12.1. The molecule has 25 heavy (non-hydrogen) atoms. The van der Waals surface area contributed by atoms with E-state index in [9.17, 15) is 22.8 Å². The first-order chi connectivity index (χ1) is 11.7. The van der Waals surface area contributed by atoms with E-state index in [1.54, 1.807) is 13.8 Å². The van der Waals surface area contributed by atoms with E-state index in [0.717, 1.165) is 18.2 Å². The van der Waals surface area contributed by atoms with Crippen LogP contribution in [0.3, 0.4) is 0 Å². The number of benzene rings is 1. The van der Waals surface area contributed by atoms with Gasteiger partial charge in [0.25, 0.3) is 0 Å². The number of alkyl halides is 3. The van der Waals surface area contributed by atoms with Crippen molar-refractivity contribution in [3.8, 4) is 5.75 Å². The molecule has 0 saturated heterocycles. The molecule has 138 valence electrons. The molecule has 1 rings (SSSR count). The average Bonchev–Trinajstić information content (AvgIpc) is 2.48. The van der Waals surface area contributed by atoms with Gasteiger partial charge in [0, 0.05) is 17.5 Å². The highest BCUT2D eigenvalue weighted by molar-refractivity contribution is 5.85. The zero-order chi connectivity index (χ0) is 18.9. The third-order valence-electron chi connectivity index (χ3n) is 2.61.